The second-order valence-electron chi connectivity index (χ2n) is 4.48. The highest BCUT2D eigenvalue weighted by Crippen LogP contribution is 2.25. The topological polar surface area (TPSA) is 63.7 Å². The summed E-state index contributed by atoms with van der Waals surface area (Å²) in [7, 11) is -3.84. The maximum absolute atomic E-state index is 11.7. The van der Waals surface area contributed by atoms with Crippen LogP contribution in [-0.4, -0.2) is 31.3 Å². The van der Waals surface area contributed by atoms with Gasteiger partial charge < -0.3 is 0 Å². The average Bonchev–Trinajstić information content (AvgIpc) is 2.27. The third-order valence-corrected chi connectivity index (χ3v) is 3.44. The van der Waals surface area contributed by atoms with Crippen molar-refractivity contribution in [2.24, 2.45) is 11.8 Å². The van der Waals surface area contributed by atoms with Crippen LogP contribution in [0.1, 0.15) is 27.7 Å². The minimum absolute atomic E-state index is 0.0956. The van der Waals surface area contributed by atoms with Gasteiger partial charge >= 0.3 is 10.3 Å². The van der Waals surface area contributed by atoms with Crippen LogP contribution in [0.4, 0.5) is 0 Å². The van der Waals surface area contributed by atoms with Gasteiger partial charge in [0.05, 0.1) is 0 Å². The molecule has 5 nitrogen and oxygen atoms in total. The zero-order valence-corrected chi connectivity index (χ0v) is 10.2. The number of carbonyl (C=O) groups excluding carboxylic acids is 1. The molecule has 1 amide bonds. The first-order valence-corrected chi connectivity index (χ1v) is 6.37. The predicted molar refractivity (Wildman–Crippen MR) is 55.2 cm³/mol. The molecule has 6 heteroatoms. The summed E-state index contributed by atoms with van der Waals surface area (Å²) in [6, 6.07) is 0. The third-order valence-electron chi connectivity index (χ3n) is 2.12. The molecule has 0 aliphatic carbocycles. The lowest BCUT2D eigenvalue weighted by Crippen LogP contribution is -2.36. The summed E-state index contributed by atoms with van der Waals surface area (Å²) in [5, 5.41) is 0. The third kappa shape index (κ3) is 2.49. The molecule has 0 spiro atoms. The summed E-state index contributed by atoms with van der Waals surface area (Å²) in [5.74, 6) is -0.485. The largest absolute Gasteiger partial charge is 0.365 e. The summed E-state index contributed by atoms with van der Waals surface area (Å²) in [6.45, 7) is 7.41. The number of nitrogens with zero attached hydrogens (tertiary/aromatic N) is 1. The summed E-state index contributed by atoms with van der Waals surface area (Å²) < 4.78 is 28.6. The molecular weight excluding hydrogens is 218 g/mol. The first kappa shape index (κ1) is 12.4. The molecule has 1 atom stereocenters. The van der Waals surface area contributed by atoms with Gasteiger partial charge in [-0.05, 0) is 11.8 Å². The van der Waals surface area contributed by atoms with E-state index in [4.69, 9.17) is 4.18 Å². The highest BCUT2D eigenvalue weighted by atomic mass is 32.2. The SMILES string of the molecule is CC(C)CN1C(=O)[C@@H](C(C)C)OS1(=O)=O. The Morgan fingerprint density at radius 3 is 2.20 bits per heavy atom. The number of amides is 1. The van der Waals surface area contributed by atoms with Gasteiger partial charge in [-0.15, -0.1) is 0 Å². The molecule has 0 bridgehead atoms. The van der Waals surface area contributed by atoms with E-state index in [-0.39, 0.29) is 18.4 Å². The molecule has 0 aromatic rings. The molecule has 0 aromatic carbocycles. The molecule has 1 fully saturated rings. The molecule has 0 aromatic heterocycles. The fraction of sp³-hybridized carbons (Fsp3) is 0.889. The molecule has 0 unspecified atom stereocenters. The smallest absolute Gasteiger partial charge is 0.271 e. The molecule has 1 rings (SSSR count). The van der Waals surface area contributed by atoms with E-state index in [0.29, 0.717) is 0 Å². The molecule has 0 saturated carbocycles. The summed E-state index contributed by atoms with van der Waals surface area (Å²) in [4.78, 5) is 11.7. The fourth-order valence-electron chi connectivity index (χ4n) is 1.39. The minimum Gasteiger partial charge on any atom is -0.271 e. The van der Waals surface area contributed by atoms with E-state index in [2.05, 4.69) is 0 Å². The van der Waals surface area contributed by atoms with Crippen LogP contribution in [0.5, 0.6) is 0 Å². The minimum atomic E-state index is -3.84. The lowest BCUT2D eigenvalue weighted by Gasteiger charge is -2.15. The monoisotopic (exact) mass is 235 g/mol. The van der Waals surface area contributed by atoms with E-state index in [0.717, 1.165) is 4.31 Å². The first-order chi connectivity index (χ1) is 6.75. The standard InChI is InChI=1S/C9H17NO4S/c1-6(2)5-10-9(11)8(7(3)4)14-15(10,12)13/h6-8H,5H2,1-4H3/t8-/m1/s1. The molecule has 0 N–H and O–H groups in total. The Bertz CT molecular complexity index is 347. The average molecular weight is 235 g/mol. The summed E-state index contributed by atoms with van der Waals surface area (Å²) in [5.41, 5.74) is 0. The highest BCUT2D eigenvalue weighted by molar-refractivity contribution is 7.85. The highest BCUT2D eigenvalue weighted by Gasteiger charge is 2.46. The number of carbonyl (C=O) groups is 1. The quantitative estimate of drug-likeness (QED) is 0.725. The van der Waals surface area contributed by atoms with E-state index in [1.54, 1.807) is 13.8 Å². The van der Waals surface area contributed by atoms with Crippen LogP contribution in [0, 0.1) is 11.8 Å². The molecule has 0 radical (unpaired) electrons. The van der Waals surface area contributed by atoms with Gasteiger partial charge in [-0.3, -0.25) is 4.79 Å². The van der Waals surface area contributed by atoms with Crippen LogP contribution in [-0.2, 0) is 19.3 Å². The van der Waals surface area contributed by atoms with Crippen LogP contribution >= 0.6 is 0 Å². The zero-order chi connectivity index (χ0) is 11.8. The maximum Gasteiger partial charge on any atom is 0.365 e. The molecule has 15 heavy (non-hydrogen) atoms. The molecule has 1 saturated heterocycles. The van der Waals surface area contributed by atoms with Crippen LogP contribution in [0.3, 0.4) is 0 Å². The maximum atomic E-state index is 11.7. The van der Waals surface area contributed by atoms with Crippen molar-refractivity contribution in [3.8, 4) is 0 Å². The van der Waals surface area contributed by atoms with Crippen molar-refractivity contribution < 1.29 is 17.4 Å². The van der Waals surface area contributed by atoms with E-state index >= 15 is 0 Å². The van der Waals surface area contributed by atoms with E-state index in [1.165, 1.54) is 0 Å². The predicted octanol–water partition coefficient (Wildman–Crippen LogP) is 0.771. The van der Waals surface area contributed by atoms with Gasteiger partial charge in [0.1, 0.15) is 0 Å². The number of rotatable bonds is 3. The van der Waals surface area contributed by atoms with Crippen molar-refractivity contribution in [2.45, 2.75) is 33.8 Å². The van der Waals surface area contributed by atoms with Crippen molar-refractivity contribution in [1.82, 2.24) is 4.31 Å². The van der Waals surface area contributed by atoms with Crippen LogP contribution in [0.2, 0.25) is 0 Å². The van der Waals surface area contributed by atoms with Gasteiger partial charge in [0.2, 0.25) is 0 Å². The van der Waals surface area contributed by atoms with Crippen molar-refractivity contribution in [3.63, 3.8) is 0 Å². The first-order valence-electron chi connectivity index (χ1n) is 5.00. The Hall–Kier alpha value is -0.620. The van der Waals surface area contributed by atoms with Gasteiger partial charge in [0.15, 0.2) is 6.10 Å². The second-order valence-corrected chi connectivity index (χ2v) is 5.97. The van der Waals surface area contributed by atoms with E-state index in [9.17, 15) is 13.2 Å². The Balaban J connectivity index is 2.93. The molecule has 1 aliphatic rings. The van der Waals surface area contributed by atoms with Gasteiger partial charge in [-0.25, -0.2) is 8.49 Å². The molecule has 88 valence electrons. The Labute approximate surface area is 90.7 Å². The number of hydrogen-bond donors (Lipinski definition) is 0. The zero-order valence-electron chi connectivity index (χ0n) is 9.43. The number of hydrogen-bond acceptors (Lipinski definition) is 4. The van der Waals surface area contributed by atoms with Crippen LogP contribution < -0.4 is 0 Å². The van der Waals surface area contributed by atoms with Crippen LogP contribution in [0.25, 0.3) is 0 Å². The van der Waals surface area contributed by atoms with Gasteiger partial charge in [-0.1, -0.05) is 27.7 Å². The van der Waals surface area contributed by atoms with Crippen LogP contribution in [0.15, 0.2) is 0 Å². The van der Waals surface area contributed by atoms with Gasteiger partial charge in [-0.2, -0.15) is 8.42 Å². The Morgan fingerprint density at radius 2 is 1.87 bits per heavy atom. The second kappa shape index (κ2) is 4.09. The summed E-state index contributed by atoms with van der Waals surface area (Å²) in [6.07, 6.45) is -0.853. The van der Waals surface area contributed by atoms with Gasteiger partial charge in [0, 0.05) is 6.54 Å². The molecule has 1 aliphatic heterocycles. The normalized spacial score (nSPS) is 25.6. The summed E-state index contributed by atoms with van der Waals surface area (Å²) >= 11 is 0. The lowest BCUT2D eigenvalue weighted by atomic mass is 10.1. The van der Waals surface area contributed by atoms with Crippen molar-refractivity contribution >= 4 is 16.2 Å². The van der Waals surface area contributed by atoms with Gasteiger partial charge in [0.25, 0.3) is 5.91 Å². The molecule has 1 heterocycles. The van der Waals surface area contributed by atoms with E-state index in [1.807, 2.05) is 13.8 Å². The van der Waals surface area contributed by atoms with Crippen molar-refractivity contribution in [3.05, 3.63) is 0 Å². The molecular formula is C9H17NO4S. The van der Waals surface area contributed by atoms with Crippen molar-refractivity contribution in [2.75, 3.05) is 6.54 Å². The lowest BCUT2D eigenvalue weighted by molar-refractivity contribution is -0.131. The van der Waals surface area contributed by atoms with E-state index < -0.39 is 22.3 Å². The Kier molecular flexibility index (Phi) is 3.40. The van der Waals surface area contributed by atoms with Crippen molar-refractivity contribution in [1.29, 1.82) is 0 Å². The Morgan fingerprint density at radius 1 is 1.33 bits per heavy atom. The fourth-order valence-corrected chi connectivity index (χ4v) is 2.86.